The molecule has 1 saturated carbocycles. The molecular formula is C17H19N3O2S. The smallest absolute Gasteiger partial charge is 0.254 e. The first-order valence-electron chi connectivity index (χ1n) is 8.03. The second-order valence-electron chi connectivity index (χ2n) is 6.09. The largest absolute Gasteiger partial charge is 0.496 e. The molecule has 0 aromatic carbocycles. The molecule has 1 N–H and O–H groups in total. The highest BCUT2D eigenvalue weighted by molar-refractivity contribution is 7.98. The quantitative estimate of drug-likeness (QED) is 0.675. The maximum absolute atomic E-state index is 12.1. The highest BCUT2D eigenvalue weighted by atomic mass is 32.2. The van der Waals surface area contributed by atoms with Crippen LogP contribution in [-0.2, 0) is 18.6 Å². The number of hydrogen-bond donors (Lipinski definition) is 1. The summed E-state index contributed by atoms with van der Waals surface area (Å²) in [4.78, 5) is 24.2. The van der Waals surface area contributed by atoms with Crippen LogP contribution in [0.25, 0.3) is 0 Å². The average Bonchev–Trinajstić information content (AvgIpc) is 3.30. The molecule has 2 heterocycles. The van der Waals surface area contributed by atoms with Gasteiger partial charge in [-0.05, 0) is 38.2 Å². The lowest BCUT2D eigenvalue weighted by atomic mass is 10.1. The summed E-state index contributed by atoms with van der Waals surface area (Å²) in [7, 11) is 1.69. The molecule has 1 fully saturated rings. The van der Waals surface area contributed by atoms with Crippen LogP contribution in [0.15, 0.2) is 22.2 Å². The minimum absolute atomic E-state index is 0.0237. The lowest BCUT2D eigenvalue weighted by Gasteiger charge is -2.12. The Morgan fingerprint density at radius 2 is 2.26 bits per heavy atom. The van der Waals surface area contributed by atoms with Crippen molar-refractivity contribution >= 4 is 11.8 Å². The summed E-state index contributed by atoms with van der Waals surface area (Å²) in [6, 6.07) is 1.90. The van der Waals surface area contributed by atoms with E-state index in [2.05, 4.69) is 15.0 Å². The van der Waals surface area contributed by atoms with E-state index in [4.69, 9.17) is 4.74 Å². The number of aromatic nitrogens is 3. The van der Waals surface area contributed by atoms with Gasteiger partial charge >= 0.3 is 0 Å². The summed E-state index contributed by atoms with van der Waals surface area (Å²) < 4.78 is 5.50. The van der Waals surface area contributed by atoms with Crippen LogP contribution in [0, 0.1) is 0 Å². The van der Waals surface area contributed by atoms with Gasteiger partial charge in [0.15, 0.2) is 5.16 Å². The molecule has 2 aromatic rings. The van der Waals surface area contributed by atoms with Crippen LogP contribution >= 0.6 is 11.8 Å². The van der Waals surface area contributed by atoms with Gasteiger partial charge < -0.3 is 9.72 Å². The van der Waals surface area contributed by atoms with Crippen molar-refractivity contribution in [3.05, 3.63) is 45.1 Å². The number of methoxy groups -OCH3 is 1. The Hall–Kier alpha value is -1.82. The van der Waals surface area contributed by atoms with Gasteiger partial charge in [0.2, 0.25) is 0 Å². The van der Waals surface area contributed by atoms with Gasteiger partial charge in [0, 0.05) is 29.0 Å². The number of fused-ring (bicyclic) bond motifs is 1. The number of rotatable bonds is 5. The summed E-state index contributed by atoms with van der Waals surface area (Å²) in [5.74, 6) is 2.15. The molecule has 0 atom stereocenters. The number of pyridine rings is 1. The van der Waals surface area contributed by atoms with Crippen molar-refractivity contribution < 1.29 is 4.74 Å². The molecule has 120 valence electrons. The van der Waals surface area contributed by atoms with E-state index < -0.39 is 0 Å². The molecule has 0 spiro atoms. The monoisotopic (exact) mass is 329 g/mol. The van der Waals surface area contributed by atoms with Gasteiger partial charge in [-0.25, -0.2) is 4.98 Å². The van der Waals surface area contributed by atoms with Gasteiger partial charge in [-0.1, -0.05) is 11.8 Å². The standard InChI is InChI=1S/C17H19N3O2S/c1-22-14-7-8-18-15(10-5-6-10)12(14)9-23-17-19-13-4-2-3-11(13)16(21)20-17/h7-8,10H,2-6,9H2,1H3,(H,19,20,21). The number of H-pyrrole nitrogens is 1. The van der Waals surface area contributed by atoms with Crippen molar-refractivity contribution in [3.8, 4) is 5.75 Å². The maximum atomic E-state index is 12.1. The third kappa shape index (κ3) is 2.87. The third-order valence-electron chi connectivity index (χ3n) is 4.50. The van der Waals surface area contributed by atoms with E-state index in [0.717, 1.165) is 47.5 Å². The minimum Gasteiger partial charge on any atom is -0.496 e. The van der Waals surface area contributed by atoms with Gasteiger partial charge in [0.1, 0.15) is 5.75 Å². The maximum Gasteiger partial charge on any atom is 0.254 e. The Morgan fingerprint density at radius 1 is 1.39 bits per heavy atom. The second-order valence-corrected chi connectivity index (χ2v) is 7.05. The molecule has 0 amide bonds. The zero-order valence-corrected chi connectivity index (χ0v) is 13.9. The van der Waals surface area contributed by atoms with Crippen molar-refractivity contribution in [2.45, 2.75) is 48.9 Å². The molecule has 5 nitrogen and oxygen atoms in total. The number of nitrogens with zero attached hydrogens (tertiary/aromatic N) is 2. The van der Waals surface area contributed by atoms with Crippen LogP contribution in [-0.4, -0.2) is 22.1 Å². The van der Waals surface area contributed by atoms with Crippen LogP contribution in [0.2, 0.25) is 0 Å². The first-order valence-corrected chi connectivity index (χ1v) is 9.01. The summed E-state index contributed by atoms with van der Waals surface area (Å²) in [6.07, 6.45) is 7.01. The lowest BCUT2D eigenvalue weighted by molar-refractivity contribution is 0.409. The van der Waals surface area contributed by atoms with Crippen molar-refractivity contribution in [2.24, 2.45) is 0 Å². The van der Waals surface area contributed by atoms with E-state index in [9.17, 15) is 4.79 Å². The highest BCUT2D eigenvalue weighted by Gasteiger charge is 2.29. The number of aromatic amines is 1. The molecule has 0 saturated heterocycles. The Morgan fingerprint density at radius 3 is 3.04 bits per heavy atom. The summed E-state index contributed by atoms with van der Waals surface area (Å²) in [5, 5.41) is 0.698. The predicted octanol–water partition coefficient (Wildman–Crippen LogP) is 2.83. The molecule has 0 bridgehead atoms. The predicted molar refractivity (Wildman–Crippen MR) is 89.2 cm³/mol. The summed E-state index contributed by atoms with van der Waals surface area (Å²) >= 11 is 1.56. The van der Waals surface area contributed by atoms with E-state index in [1.165, 1.54) is 12.8 Å². The van der Waals surface area contributed by atoms with Crippen LogP contribution in [0.1, 0.15) is 47.7 Å². The Kier molecular flexibility index (Phi) is 3.85. The topological polar surface area (TPSA) is 67.9 Å². The molecule has 2 aromatic heterocycles. The van der Waals surface area contributed by atoms with E-state index in [1.807, 2.05) is 12.3 Å². The van der Waals surface area contributed by atoms with Crippen molar-refractivity contribution in [1.82, 2.24) is 15.0 Å². The average molecular weight is 329 g/mol. The van der Waals surface area contributed by atoms with Crippen LogP contribution < -0.4 is 10.3 Å². The van der Waals surface area contributed by atoms with E-state index in [-0.39, 0.29) is 5.56 Å². The minimum atomic E-state index is 0.0237. The molecular weight excluding hydrogens is 310 g/mol. The van der Waals surface area contributed by atoms with Crippen molar-refractivity contribution in [3.63, 3.8) is 0 Å². The number of ether oxygens (including phenoxy) is 1. The number of thioether (sulfide) groups is 1. The molecule has 23 heavy (non-hydrogen) atoms. The molecule has 0 unspecified atom stereocenters. The fraction of sp³-hybridized carbons (Fsp3) is 0.471. The van der Waals surface area contributed by atoms with Gasteiger partial charge in [0.25, 0.3) is 5.56 Å². The van der Waals surface area contributed by atoms with E-state index >= 15 is 0 Å². The Balaban J connectivity index is 1.60. The van der Waals surface area contributed by atoms with E-state index in [1.54, 1.807) is 18.9 Å². The summed E-state index contributed by atoms with van der Waals surface area (Å²) in [5.41, 5.74) is 4.13. The molecule has 0 radical (unpaired) electrons. The first kappa shape index (κ1) is 14.8. The zero-order chi connectivity index (χ0) is 15.8. The second kappa shape index (κ2) is 6.00. The fourth-order valence-electron chi connectivity index (χ4n) is 3.16. The number of aryl methyl sites for hydroxylation is 1. The highest BCUT2D eigenvalue weighted by Crippen LogP contribution is 2.43. The molecule has 6 heteroatoms. The van der Waals surface area contributed by atoms with Gasteiger partial charge in [-0.15, -0.1) is 0 Å². The van der Waals surface area contributed by atoms with Gasteiger partial charge in [-0.2, -0.15) is 0 Å². The molecule has 2 aliphatic rings. The van der Waals surface area contributed by atoms with Crippen molar-refractivity contribution in [1.29, 1.82) is 0 Å². The van der Waals surface area contributed by atoms with E-state index in [0.29, 0.717) is 16.8 Å². The summed E-state index contributed by atoms with van der Waals surface area (Å²) in [6.45, 7) is 0. The Labute approximate surface area is 138 Å². The van der Waals surface area contributed by atoms with Gasteiger partial charge in [0.05, 0.1) is 18.5 Å². The number of hydrogen-bond acceptors (Lipinski definition) is 5. The van der Waals surface area contributed by atoms with Crippen LogP contribution in [0.3, 0.4) is 0 Å². The molecule has 4 rings (SSSR count). The zero-order valence-electron chi connectivity index (χ0n) is 13.1. The fourth-order valence-corrected chi connectivity index (χ4v) is 4.07. The van der Waals surface area contributed by atoms with Crippen LogP contribution in [0.4, 0.5) is 0 Å². The number of nitrogens with one attached hydrogen (secondary N) is 1. The molecule has 0 aliphatic heterocycles. The first-order chi connectivity index (χ1) is 11.3. The van der Waals surface area contributed by atoms with Crippen LogP contribution in [0.5, 0.6) is 5.75 Å². The third-order valence-corrected chi connectivity index (χ3v) is 5.40. The lowest BCUT2D eigenvalue weighted by Crippen LogP contribution is -2.15. The molecule has 2 aliphatic carbocycles. The van der Waals surface area contributed by atoms with Crippen molar-refractivity contribution in [2.75, 3.05) is 7.11 Å². The van der Waals surface area contributed by atoms with Gasteiger partial charge in [-0.3, -0.25) is 9.78 Å². The SMILES string of the molecule is COc1ccnc(C2CC2)c1CSc1nc2c(c(=O)[nH]1)CCC2. The Bertz CT molecular complexity index is 799. The normalized spacial score (nSPS) is 16.4.